The molecule has 3 atom stereocenters. The topological polar surface area (TPSA) is 97.8 Å². The highest BCUT2D eigenvalue weighted by molar-refractivity contribution is 5.94. The number of nitrogens with one attached hydrogen (secondary N) is 1. The summed E-state index contributed by atoms with van der Waals surface area (Å²) in [5.74, 6) is -1.26. The Morgan fingerprint density at radius 1 is 1.19 bits per heavy atom. The molecule has 0 aromatic carbocycles. The van der Waals surface area contributed by atoms with Gasteiger partial charge in [-0.25, -0.2) is 4.98 Å². The number of rotatable bonds is 5. The van der Waals surface area contributed by atoms with Gasteiger partial charge in [0.15, 0.2) is 0 Å². The molecule has 3 unspecified atom stereocenters. The predicted molar refractivity (Wildman–Crippen MR) is 94.2 cm³/mol. The Morgan fingerprint density at radius 3 is 2.73 bits per heavy atom. The summed E-state index contributed by atoms with van der Waals surface area (Å²) in [6, 6.07) is 2.87. The molecule has 1 aliphatic carbocycles. The Labute approximate surface area is 153 Å². The van der Waals surface area contributed by atoms with Crippen LogP contribution in [0.15, 0.2) is 18.3 Å². The zero-order chi connectivity index (χ0) is 18.4. The van der Waals surface area contributed by atoms with E-state index >= 15 is 0 Å². The first-order valence-electron chi connectivity index (χ1n) is 9.37. The molecular formula is C19H26N2O5. The van der Waals surface area contributed by atoms with E-state index in [-0.39, 0.29) is 18.1 Å². The largest absolute Gasteiger partial charge is 0.481 e. The number of carbonyl (C=O) groups excluding carboxylic acids is 1. The van der Waals surface area contributed by atoms with Gasteiger partial charge in [0.2, 0.25) is 5.88 Å². The number of nitrogens with zero attached hydrogens (tertiary/aromatic N) is 1. The summed E-state index contributed by atoms with van der Waals surface area (Å²) in [4.78, 5) is 28.4. The molecule has 2 heterocycles. The molecule has 0 radical (unpaired) electrons. The van der Waals surface area contributed by atoms with E-state index in [0.717, 1.165) is 32.1 Å². The van der Waals surface area contributed by atoms with Crippen LogP contribution in [0.4, 0.5) is 0 Å². The van der Waals surface area contributed by atoms with Crippen molar-refractivity contribution in [2.75, 3.05) is 13.2 Å². The third kappa shape index (κ3) is 4.94. The number of ether oxygens (including phenoxy) is 2. The van der Waals surface area contributed by atoms with Gasteiger partial charge in [0.1, 0.15) is 6.10 Å². The summed E-state index contributed by atoms with van der Waals surface area (Å²) in [6.07, 6.45) is 7.55. The Hall–Kier alpha value is -2.15. The molecule has 1 saturated carbocycles. The monoisotopic (exact) mass is 362 g/mol. The van der Waals surface area contributed by atoms with Crippen molar-refractivity contribution >= 4 is 11.9 Å². The molecule has 26 heavy (non-hydrogen) atoms. The maximum atomic E-state index is 12.7. The first-order chi connectivity index (χ1) is 12.6. The average molecular weight is 362 g/mol. The maximum Gasteiger partial charge on any atom is 0.308 e. The molecule has 142 valence electrons. The van der Waals surface area contributed by atoms with Crippen LogP contribution in [0, 0.1) is 5.92 Å². The minimum absolute atomic E-state index is 0.0391. The van der Waals surface area contributed by atoms with Crippen molar-refractivity contribution in [2.24, 2.45) is 5.92 Å². The Bertz CT molecular complexity index is 630. The van der Waals surface area contributed by atoms with Crippen LogP contribution in [-0.2, 0) is 9.53 Å². The van der Waals surface area contributed by atoms with Gasteiger partial charge in [0.25, 0.3) is 5.91 Å². The minimum Gasteiger partial charge on any atom is -0.481 e. The predicted octanol–water partition coefficient (Wildman–Crippen LogP) is 2.40. The van der Waals surface area contributed by atoms with Gasteiger partial charge in [-0.15, -0.1) is 0 Å². The van der Waals surface area contributed by atoms with Crippen LogP contribution in [0.1, 0.15) is 55.3 Å². The van der Waals surface area contributed by atoms with Crippen molar-refractivity contribution in [3.05, 3.63) is 23.9 Å². The zero-order valence-corrected chi connectivity index (χ0v) is 14.9. The molecule has 1 saturated heterocycles. The molecule has 3 rings (SSSR count). The molecule has 0 spiro atoms. The number of pyridine rings is 1. The fourth-order valence-corrected chi connectivity index (χ4v) is 3.60. The van der Waals surface area contributed by atoms with Gasteiger partial charge in [0.05, 0.1) is 19.1 Å². The summed E-state index contributed by atoms with van der Waals surface area (Å²) in [5, 5.41) is 12.4. The summed E-state index contributed by atoms with van der Waals surface area (Å²) < 4.78 is 11.0. The van der Waals surface area contributed by atoms with Gasteiger partial charge in [-0.2, -0.15) is 0 Å². The molecule has 2 aliphatic rings. The normalized spacial score (nSPS) is 26.5. The molecular weight excluding hydrogens is 336 g/mol. The van der Waals surface area contributed by atoms with Crippen LogP contribution in [0.2, 0.25) is 0 Å². The summed E-state index contributed by atoms with van der Waals surface area (Å²) in [5.41, 5.74) is 0.431. The van der Waals surface area contributed by atoms with Crippen molar-refractivity contribution in [3.8, 4) is 5.88 Å². The lowest BCUT2D eigenvalue weighted by molar-refractivity contribution is -0.143. The van der Waals surface area contributed by atoms with Gasteiger partial charge >= 0.3 is 5.97 Å². The number of hydrogen-bond acceptors (Lipinski definition) is 5. The second-order valence-electron chi connectivity index (χ2n) is 7.00. The van der Waals surface area contributed by atoms with Crippen molar-refractivity contribution in [3.63, 3.8) is 0 Å². The SMILES string of the molecule is O=C(NC1CCCCCCC1C(=O)O)c1ccnc(OC2CCOC2)c1. The smallest absolute Gasteiger partial charge is 0.308 e. The standard InChI is InChI=1S/C19H26N2O5/c22-18(21-16-6-4-2-1-3-5-15(16)19(23)24)13-7-9-20-17(11-13)26-14-8-10-25-12-14/h7,9,11,14-16H,1-6,8,10,12H2,(H,21,22)(H,23,24). The van der Waals surface area contributed by atoms with Gasteiger partial charge in [-0.1, -0.05) is 25.7 Å². The summed E-state index contributed by atoms with van der Waals surface area (Å²) in [6.45, 7) is 1.20. The van der Waals surface area contributed by atoms with Crippen LogP contribution >= 0.6 is 0 Å². The number of carboxylic acids is 1. The fraction of sp³-hybridized carbons (Fsp3) is 0.632. The number of aliphatic carboxylic acids is 1. The van der Waals surface area contributed by atoms with Gasteiger partial charge < -0.3 is 19.9 Å². The van der Waals surface area contributed by atoms with Crippen LogP contribution in [0.3, 0.4) is 0 Å². The highest BCUT2D eigenvalue weighted by atomic mass is 16.5. The highest BCUT2D eigenvalue weighted by Gasteiger charge is 2.30. The maximum absolute atomic E-state index is 12.7. The second-order valence-corrected chi connectivity index (χ2v) is 7.00. The van der Waals surface area contributed by atoms with E-state index in [0.29, 0.717) is 37.5 Å². The van der Waals surface area contributed by atoms with Crippen LogP contribution < -0.4 is 10.1 Å². The number of carbonyl (C=O) groups is 2. The van der Waals surface area contributed by atoms with E-state index in [9.17, 15) is 14.7 Å². The zero-order valence-electron chi connectivity index (χ0n) is 14.9. The molecule has 0 bridgehead atoms. The number of aromatic nitrogens is 1. The van der Waals surface area contributed by atoms with Crippen LogP contribution in [0.5, 0.6) is 5.88 Å². The average Bonchev–Trinajstić information content (AvgIpc) is 3.10. The molecule has 1 aromatic rings. The molecule has 1 aliphatic heterocycles. The highest BCUT2D eigenvalue weighted by Crippen LogP contribution is 2.24. The van der Waals surface area contributed by atoms with Crippen molar-refractivity contribution in [1.29, 1.82) is 0 Å². The number of carboxylic acid groups (broad SMARTS) is 1. The lowest BCUT2D eigenvalue weighted by Gasteiger charge is -2.27. The van der Waals surface area contributed by atoms with Gasteiger partial charge in [-0.05, 0) is 18.9 Å². The summed E-state index contributed by atoms with van der Waals surface area (Å²) >= 11 is 0. The van der Waals surface area contributed by atoms with Crippen LogP contribution in [-0.4, -0.2) is 47.3 Å². The van der Waals surface area contributed by atoms with E-state index in [1.165, 1.54) is 6.20 Å². The molecule has 1 amide bonds. The number of amides is 1. The van der Waals surface area contributed by atoms with E-state index in [4.69, 9.17) is 9.47 Å². The molecule has 7 heteroatoms. The first-order valence-corrected chi connectivity index (χ1v) is 9.37. The van der Waals surface area contributed by atoms with E-state index < -0.39 is 11.9 Å². The third-order valence-corrected chi connectivity index (χ3v) is 5.07. The Morgan fingerprint density at radius 2 is 2.00 bits per heavy atom. The molecule has 7 nitrogen and oxygen atoms in total. The summed E-state index contributed by atoms with van der Waals surface area (Å²) in [7, 11) is 0. The van der Waals surface area contributed by atoms with Gasteiger partial charge in [-0.3, -0.25) is 9.59 Å². The van der Waals surface area contributed by atoms with E-state index in [1.807, 2.05) is 0 Å². The van der Waals surface area contributed by atoms with Crippen molar-refractivity contribution in [2.45, 2.75) is 57.1 Å². The number of hydrogen-bond donors (Lipinski definition) is 2. The Kier molecular flexibility index (Phi) is 6.44. The minimum atomic E-state index is -0.836. The first kappa shape index (κ1) is 18.6. The third-order valence-electron chi connectivity index (χ3n) is 5.07. The van der Waals surface area contributed by atoms with Crippen molar-refractivity contribution < 1.29 is 24.2 Å². The van der Waals surface area contributed by atoms with E-state index in [1.54, 1.807) is 12.1 Å². The second kappa shape index (κ2) is 8.98. The quantitative estimate of drug-likeness (QED) is 0.835. The van der Waals surface area contributed by atoms with Crippen LogP contribution in [0.25, 0.3) is 0 Å². The Balaban J connectivity index is 1.66. The fourth-order valence-electron chi connectivity index (χ4n) is 3.60. The van der Waals surface area contributed by atoms with Gasteiger partial charge in [0, 0.05) is 30.3 Å². The molecule has 1 aromatic heterocycles. The molecule has 2 fully saturated rings. The van der Waals surface area contributed by atoms with E-state index in [2.05, 4.69) is 10.3 Å². The lowest BCUT2D eigenvalue weighted by Crippen LogP contribution is -2.44. The molecule has 2 N–H and O–H groups in total. The van der Waals surface area contributed by atoms with Crippen molar-refractivity contribution in [1.82, 2.24) is 10.3 Å². The lowest BCUT2D eigenvalue weighted by atomic mass is 9.86.